The summed E-state index contributed by atoms with van der Waals surface area (Å²) in [6, 6.07) is 5.02. The lowest BCUT2D eigenvalue weighted by Crippen LogP contribution is -2.25. The van der Waals surface area contributed by atoms with Crippen LogP contribution in [0.5, 0.6) is 0 Å². The highest BCUT2D eigenvalue weighted by atomic mass is 79.9. The number of halogens is 2. The number of nitrogens with zero attached hydrogens (tertiary/aromatic N) is 1. The quantitative estimate of drug-likeness (QED) is 0.882. The van der Waals surface area contributed by atoms with Crippen LogP contribution in [0.25, 0.3) is 0 Å². The van der Waals surface area contributed by atoms with E-state index in [2.05, 4.69) is 20.8 Å². The summed E-state index contributed by atoms with van der Waals surface area (Å²) in [7, 11) is 0. The Morgan fingerprint density at radius 1 is 1.60 bits per heavy atom. The van der Waals surface area contributed by atoms with Crippen molar-refractivity contribution in [1.29, 1.82) is 0 Å². The Balaban J connectivity index is 1.98. The van der Waals surface area contributed by atoms with E-state index in [-0.39, 0.29) is 18.3 Å². The zero-order valence-electron chi connectivity index (χ0n) is 11.5. The third-order valence-electron chi connectivity index (χ3n) is 4.04. The van der Waals surface area contributed by atoms with Gasteiger partial charge in [0.25, 0.3) is 0 Å². The number of rotatable bonds is 5. The van der Waals surface area contributed by atoms with E-state index in [4.69, 9.17) is 5.11 Å². The molecular weight excluding hydrogens is 325 g/mol. The van der Waals surface area contributed by atoms with Crippen molar-refractivity contribution in [1.82, 2.24) is 4.90 Å². The van der Waals surface area contributed by atoms with Gasteiger partial charge in [0.15, 0.2) is 0 Å². The maximum Gasteiger partial charge on any atom is 0.303 e. The fraction of sp³-hybridized carbons (Fsp3) is 0.533. The van der Waals surface area contributed by atoms with Gasteiger partial charge in [-0.2, -0.15) is 0 Å². The smallest absolute Gasteiger partial charge is 0.303 e. The van der Waals surface area contributed by atoms with Gasteiger partial charge in [-0.1, -0.05) is 15.9 Å². The van der Waals surface area contributed by atoms with E-state index < -0.39 is 5.97 Å². The number of hydrogen-bond donors (Lipinski definition) is 1. The van der Waals surface area contributed by atoms with Crippen molar-refractivity contribution >= 4 is 21.9 Å². The molecule has 0 aliphatic carbocycles. The molecular formula is C15H19BrFNO2. The van der Waals surface area contributed by atoms with Gasteiger partial charge in [-0.15, -0.1) is 0 Å². The fourth-order valence-corrected chi connectivity index (χ4v) is 3.19. The molecule has 5 heteroatoms. The second-order valence-corrected chi connectivity index (χ2v) is 6.34. The highest BCUT2D eigenvalue weighted by Crippen LogP contribution is 2.31. The number of benzene rings is 1. The number of aliphatic carboxylic acids is 1. The number of likely N-dealkylation sites (tertiary alicyclic amines) is 1. The molecule has 1 aromatic rings. The van der Waals surface area contributed by atoms with Gasteiger partial charge in [0, 0.05) is 29.0 Å². The van der Waals surface area contributed by atoms with Crippen LogP contribution in [0.1, 0.15) is 37.8 Å². The number of carboxylic acids is 1. The average molecular weight is 344 g/mol. The molecule has 1 saturated heterocycles. The SMILES string of the molecule is CC(c1cc(Br)ccc1F)N1CCC(CCC(=O)O)C1. The molecule has 2 atom stereocenters. The lowest BCUT2D eigenvalue weighted by atomic mass is 10.0. The monoisotopic (exact) mass is 343 g/mol. The molecule has 1 fully saturated rings. The Labute approximate surface area is 126 Å². The molecule has 1 N–H and O–H groups in total. The molecule has 0 bridgehead atoms. The summed E-state index contributed by atoms with van der Waals surface area (Å²) in [6.07, 6.45) is 1.92. The Morgan fingerprint density at radius 2 is 2.35 bits per heavy atom. The second kappa shape index (κ2) is 6.68. The number of hydrogen-bond acceptors (Lipinski definition) is 2. The molecule has 1 aliphatic rings. The molecule has 0 amide bonds. The Hall–Kier alpha value is -0.940. The topological polar surface area (TPSA) is 40.5 Å². The van der Waals surface area contributed by atoms with Crippen LogP contribution in [0.4, 0.5) is 4.39 Å². The third kappa shape index (κ3) is 3.79. The van der Waals surface area contributed by atoms with Crippen molar-refractivity contribution in [3.05, 3.63) is 34.1 Å². The summed E-state index contributed by atoms with van der Waals surface area (Å²) in [6.45, 7) is 3.75. The van der Waals surface area contributed by atoms with Gasteiger partial charge in [-0.05, 0) is 50.4 Å². The number of carboxylic acid groups (broad SMARTS) is 1. The largest absolute Gasteiger partial charge is 0.481 e. The predicted molar refractivity (Wildman–Crippen MR) is 79.1 cm³/mol. The summed E-state index contributed by atoms with van der Waals surface area (Å²) < 4.78 is 14.8. The van der Waals surface area contributed by atoms with Gasteiger partial charge >= 0.3 is 5.97 Å². The Bertz CT molecular complexity index is 495. The summed E-state index contributed by atoms with van der Waals surface area (Å²) >= 11 is 3.38. The van der Waals surface area contributed by atoms with Gasteiger partial charge in [0.1, 0.15) is 5.82 Å². The van der Waals surface area contributed by atoms with E-state index in [1.807, 2.05) is 13.0 Å². The molecule has 3 nitrogen and oxygen atoms in total. The Kier molecular flexibility index (Phi) is 5.16. The standard InChI is InChI=1S/C15H19BrFNO2/c1-10(13-8-12(16)3-4-14(13)17)18-7-6-11(9-18)2-5-15(19)20/h3-4,8,10-11H,2,5-7,9H2,1H3,(H,19,20). The fourth-order valence-electron chi connectivity index (χ4n) is 2.81. The lowest BCUT2D eigenvalue weighted by Gasteiger charge is -2.25. The first-order chi connectivity index (χ1) is 9.47. The maximum atomic E-state index is 13.9. The summed E-state index contributed by atoms with van der Waals surface area (Å²) in [5.41, 5.74) is 0.693. The first-order valence-electron chi connectivity index (χ1n) is 6.88. The van der Waals surface area contributed by atoms with E-state index in [0.717, 1.165) is 24.0 Å². The van der Waals surface area contributed by atoms with Gasteiger partial charge in [0.05, 0.1) is 0 Å². The van der Waals surface area contributed by atoms with Crippen molar-refractivity contribution < 1.29 is 14.3 Å². The molecule has 0 saturated carbocycles. The zero-order valence-corrected chi connectivity index (χ0v) is 13.1. The van der Waals surface area contributed by atoms with Gasteiger partial charge in [0.2, 0.25) is 0 Å². The van der Waals surface area contributed by atoms with Crippen LogP contribution in [0.2, 0.25) is 0 Å². The minimum atomic E-state index is -0.741. The van der Waals surface area contributed by atoms with Crippen LogP contribution in [-0.4, -0.2) is 29.1 Å². The van der Waals surface area contributed by atoms with E-state index in [0.29, 0.717) is 17.9 Å². The summed E-state index contributed by atoms with van der Waals surface area (Å²) in [4.78, 5) is 12.8. The predicted octanol–water partition coefficient (Wildman–Crippen LogP) is 3.84. The van der Waals surface area contributed by atoms with Crippen molar-refractivity contribution in [2.75, 3.05) is 13.1 Å². The minimum absolute atomic E-state index is 0.0160. The van der Waals surface area contributed by atoms with Crippen LogP contribution >= 0.6 is 15.9 Å². The first kappa shape index (κ1) is 15.4. The van der Waals surface area contributed by atoms with E-state index in [1.54, 1.807) is 6.07 Å². The lowest BCUT2D eigenvalue weighted by molar-refractivity contribution is -0.137. The zero-order chi connectivity index (χ0) is 14.7. The molecule has 0 aromatic heterocycles. The van der Waals surface area contributed by atoms with Crippen molar-refractivity contribution in [3.63, 3.8) is 0 Å². The number of carbonyl (C=O) groups is 1. The third-order valence-corrected chi connectivity index (χ3v) is 4.53. The van der Waals surface area contributed by atoms with Gasteiger partial charge < -0.3 is 5.11 Å². The highest BCUT2D eigenvalue weighted by molar-refractivity contribution is 9.10. The molecule has 0 spiro atoms. The molecule has 2 rings (SSSR count). The molecule has 110 valence electrons. The molecule has 20 heavy (non-hydrogen) atoms. The van der Waals surface area contributed by atoms with Crippen LogP contribution in [0.15, 0.2) is 22.7 Å². The molecule has 1 aromatic carbocycles. The average Bonchev–Trinajstić information content (AvgIpc) is 2.87. The second-order valence-electron chi connectivity index (χ2n) is 5.42. The van der Waals surface area contributed by atoms with Crippen LogP contribution in [0.3, 0.4) is 0 Å². The van der Waals surface area contributed by atoms with Crippen LogP contribution < -0.4 is 0 Å². The Morgan fingerprint density at radius 3 is 3.05 bits per heavy atom. The van der Waals surface area contributed by atoms with Crippen LogP contribution in [0, 0.1) is 11.7 Å². The van der Waals surface area contributed by atoms with Crippen LogP contribution in [-0.2, 0) is 4.79 Å². The van der Waals surface area contributed by atoms with Gasteiger partial charge in [-0.3, -0.25) is 9.69 Å². The minimum Gasteiger partial charge on any atom is -0.481 e. The maximum absolute atomic E-state index is 13.9. The molecule has 1 aliphatic heterocycles. The van der Waals surface area contributed by atoms with Crippen molar-refractivity contribution in [2.24, 2.45) is 5.92 Å². The molecule has 2 unspecified atom stereocenters. The molecule has 1 heterocycles. The first-order valence-corrected chi connectivity index (χ1v) is 7.67. The normalized spacial score (nSPS) is 21.1. The summed E-state index contributed by atoms with van der Waals surface area (Å²) in [5.74, 6) is -0.520. The van der Waals surface area contributed by atoms with E-state index >= 15 is 0 Å². The molecule has 0 radical (unpaired) electrons. The van der Waals surface area contributed by atoms with Gasteiger partial charge in [-0.25, -0.2) is 4.39 Å². The van der Waals surface area contributed by atoms with E-state index in [9.17, 15) is 9.18 Å². The summed E-state index contributed by atoms with van der Waals surface area (Å²) in [5, 5.41) is 8.73. The van der Waals surface area contributed by atoms with E-state index in [1.165, 1.54) is 6.07 Å². The van der Waals surface area contributed by atoms with Crippen molar-refractivity contribution in [3.8, 4) is 0 Å². The highest BCUT2D eigenvalue weighted by Gasteiger charge is 2.28. The van der Waals surface area contributed by atoms with Crippen molar-refractivity contribution in [2.45, 2.75) is 32.2 Å².